The van der Waals surface area contributed by atoms with Crippen LogP contribution in [0.25, 0.3) is 11.0 Å². The number of ether oxygens (including phenoxy) is 1. The van der Waals surface area contributed by atoms with E-state index in [9.17, 15) is 9.59 Å². The molecule has 1 heterocycles. The predicted molar refractivity (Wildman–Crippen MR) is 89.6 cm³/mol. The number of hydrogen-bond donors (Lipinski definition) is 1. The number of benzene rings is 2. The molecule has 0 spiro atoms. The lowest BCUT2D eigenvalue weighted by molar-refractivity contribution is -0.139. The smallest absolute Gasteiger partial charge is 0.325 e. The van der Waals surface area contributed by atoms with E-state index < -0.39 is 11.9 Å². The van der Waals surface area contributed by atoms with E-state index in [1.165, 1.54) is 7.11 Å². The number of methoxy groups -OCH3 is 1. The first-order valence-corrected chi connectivity index (χ1v) is 7.53. The molecule has 1 N–H and O–H groups in total. The number of rotatable bonds is 5. The summed E-state index contributed by atoms with van der Waals surface area (Å²) in [4.78, 5) is 28.1. The van der Waals surface area contributed by atoms with Gasteiger partial charge in [0.25, 0.3) is 5.91 Å². The number of hydrogen-bond acceptors (Lipinski definition) is 4. The molecular formula is C18H17N3O3. The van der Waals surface area contributed by atoms with Gasteiger partial charge in [0, 0.05) is 6.54 Å². The van der Waals surface area contributed by atoms with Crippen molar-refractivity contribution in [3.05, 3.63) is 66.0 Å². The van der Waals surface area contributed by atoms with Crippen LogP contribution < -0.4 is 5.32 Å². The summed E-state index contributed by atoms with van der Waals surface area (Å²) in [6.07, 6.45) is 0. The topological polar surface area (TPSA) is 73.2 Å². The third-order valence-corrected chi connectivity index (χ3v) is 3.66. The van der Waals surface area contributed by atoms with Crippen LogP contribution in [0.1, 0.15) is 16.2 Å². The monoisotopic (exact) mass is 323 g/mol. The van der Waals surface area contributed by atoms with Gasteiger partial charge in [-0.2, -0.15) is 0 Å². The van der Waals surface area contributed by atoms with Gasteiger partial charge in [-0.3, -0.25) is 9.59 Å². The van der Waals surface area contributed by atoms with Crippen molar-refractivity contribution >= 4 is 22.9 Å². The quantitative estimate of drug-likeness (QED) is 0.729. The number of carbonyl (C=O) groups is 2. The summed E-state index contributed by atoms with van der Waals surface area (Å²) >= 11 is 0. The Labute approximate surface area is 139 Å². The van der Waals surface area contributed by atoms with Crippen LogP contribution in [0.2, 0.25) is 0 Å². The molecule has 0 unspecified atom stereocenters. The first-order chi connectivity index (χ1) is 11.7. The number of imidazole rings is 1. The van der Waals surface area contributed by atoms with Gasteiger partial charge < -0.3 is 14.6 Å². The minimum atomic E-state index is -0.505. The van der Waals surface area contributed by atoms with E-state index in [-0.39, 0.29) is 12.4 Å². The molecule has 0 aliphatic rings. The highest BCUT2D eigenvalue weighted by Gasteiger charge is 2.18. The van der Waals surface area contributed by atoms with Crippen molar-refractivity contribution in [1.29, 1.82) is 0 Å². The Morgan fingerprint density at radius 3 is 2.54 bits per heavy atom. The van der Waals surface area contributed by atoms with Crippen LogP contribution in [0.15, 0.2) is 54.6 Å². The fourth-order valence-electron chi connectivity index (χ4n) is 2.48. The summed E-state index contributed by atoms with van der Waals surface area (Å²) in [5.74, 6) is -0.648. The Morgan fingerprint density at radius 2 is 1.79 bits per heavy atom. The summed E-state index contributed by atoms with van der Waals surface area (Å²) in [6.45, 7) is 0.326. The fraction of sp³-hybridized carbons (Fsp3) is 0.167. The lowest BCUT2D eigenvalue weighted by Crippen LogP contribution is -2.32. The molecule has 0 aliphatic heterocycles. The van der Waals surface area contributed by atoms with Gasteiger partial charge in [0.1, 0.15) is 6.54 Å². The Balaban J connectivity index is 1.95. The number of para-hydroxylation sites is 2. The molecule has 0 saturated carbocycles. The molecule has 24 heavy (non-hydrogen) atoms. The molecule has 0 radical (unpaired) electrons. The molecule has 2 aromatic carbocycles. The standard InChI is InChI=1S/C18H17N3O3/c1-24-16(22)11-19-18(23)17-20-14-9-5-6-10-15(14)21(17)12-13-7-3-2-4-8-13/h2-10H,11-12H2,1H3,(H,19,23). The first-order valence-electron chi connectivity index (χ1n) is 7.53. The SMILES string of the molecule is COC(=O)CNC(=O)c1nc2ccccc2n1Cc1ccccc1. The third kappa shape index (κ3) is 3.27. The first kappa shape index (κ1) is 15.7. The molecule has 3 aromatic rings. The van der Waals surface area contributed by atoms with Gasteiger partial charge in [0.05, 0.1) is 18.1 Å². The number of aromatic nitrogens is 2. The van der Waals surface area contributed by atoms with Gasteiger partial charge in [0.2, 0.25) is 0 Å². The van der Waals surface area contributed by atoms with Gasteiger partial charge in [0.15, 0.2) is 5.82 Å². The zero-order chi connectivity index (χ0) is 16.9. The van der Waals surface area contributed by atoms with Gasteiger partial charge in [-0.05, 0) is 17.7 Å². The molecule has 0 fully saturated rings. The van der Waals surface area contributed by atoms with Crippen molar-refractivity contribution in [2.45, 2.75) is 6.54 Å². The highest BCUT2D eigenvalue weighted by Crippen LogP contribution is 2.18. The molecule has 0 atom stereocenters. The lowest BCUT2D eigenvalue weighted by Gasteiger charge is -2.09. The van der Waals surface area contributed by atoms with Crippen molar-refractivity contribution in [3.63, 3.8) is 0 Å². The van der Waals surface area contributed by atoms with E-state index in [0.717, 1.165) is 16.6 Å². The lowest BCUT2D eigenvalue weighted by atomic mass is 10.2. The van der Waals surface area contributed by atoms with E-state index in [2.05, 4.69) is 15.0 Å². The average molecular weight is 323 g/mol. The summed E-state index contributed by atoms with van der Waals surface area (Å²) in [5.41, 5.74) is 2.66. The van der Waals surface area contributed by atoms with E-state index in [1.807, 2.05) is 59.2 Å². The van der Waals surface area contributed by atoms with Crippen LogP contribution in [-0.4, -0.2) is 35.1 Å². The predicted octanol–water partition coefficient (Wildman–Crippen LogP) is 1.99. The molecule has 0 saturated heterocycles. The van der Waals surface area contributed by atoms with E-state index in [1.54, 1.807) is 0 Å². The largest absolute Gasteiger partial charge is 0.468 e. The van der Waals surface area contributed by atoms with Crippen molar-refractivity contribution < 1.29 is 14.3 Å². The van der Waals surface area contributed by atoms with Crippen LogP contribution >= 0.6 is 0 Å². The molecule has 3 rings (SSSR count). The van der Waals surface area contributed by atoms with Crippen LogP contribution in [0, 0.1) is 0 Å². The van der Waals surface area contributed by atoms with E-state index in [0.29, 0.717) is 6.54 Å². The van der Waals surface area contributed by atoms with E-state index in [4.69, 9.17) is 0 Å². The Bertz CT molecular complexity index is 872. The van der Waals surface area contributed by atoms with Crippen molar-refractivity contribution in [1.82, 2.24) is 14.9 Å². The number of fused-ring (bicyclic) bond motifs is 1. The number of nitrogens with zero attached hydrogens (tertiary/aromatic N) is 2. The van der Waals surface area contributed by atoms with Crippen molar-refractivity contribution in [2.75, 3.05) is 13.7 Å². The Kier molecular flexibility index (Phi) is 4.56. The molecule has 6 heteroatoms. The summed E-state index contributed by atoms with van der Waals surface area (Å²) in [5, 5.41) is 2.54. The minimum absolute atomic E-state index is 0.191. The number of amides is 1. The maximum Gasteiger partial charge on any atom is 0.325 e. The average Bonchev–Trinajstić information content (AvgIpc) is 2.99. The Morgan fingerprint density at radius 1 is 1.08 bits per heavy atom. The summed E-state index contributed by atoms with van der Waals surface area (Å²) < 4.78 is 6.38. The van der Waals surface area contributed by atoms with Crippen LogP contribution in [0.4, 0.5) is 0 Å². The number of carbonyl (C=O) groups excluding carboxylic acids is 2. The van der Waals surface area contributed by atoms with E-state index >= 15 is 0 Å². The molecule has 6 nitrogen and oxygen atoms in total. The second-order valence-corrected chi connectivity index (χ2v) is 5.25. The molecule has 122 valence electrons. The molecule has 1 amide bonds. The Hall–Kier alpha value is -3.15. The van der Waals surface area contributed by atoms with Crippen molar-refractivity contribution in [2.24, 2.45) is 0 Å². The maximum atomic E-state index is 12.4. The molecular weight excluding hydrogens is 306 g/mol. The molecule has 0 bridgehead atoms. The maximum absolute atomic E-state index is 12.4. The van der Waals surface area contributed by atoms with Gasteiger partial charge in [-0.15, -0.1) is 0 Å². The highest BCUT2D eigenvalue weighted by atomic mass is 16.5. The normalized spacial score (nSPS) is 10.5. The van der Waals surface area contributed by atoms with Gasteiger partial charge >= 0.3 is 5.97 Å². The van der Waals surface area contributed by atoms with Crippen LogP contribution in [0.3, 0.4) is 0 Å². The zero-order valence-electron chi connectivity index (χ0n) is 13.2. The summed E-state index contributed by atoms with van der Waals surface area (Å²) in [6, 6.07) is 17.4. The minimum Gasteiger partial charge on any atom is -0.468 e. The second kappa shape index (κ2) is 6.95. The summed E-state index contributed by atoms with van der Waals surface area (Å²) in [7, 11) is 1.28. The van der Waals surface area contributed by atoms with Crippen LogP contribution in [-0.2, 0) is 16.1 Å². The number of esters is 1. The van der Waals surface area contributed by atoms with Crippen molar-refractivity contribution in [3.8, 4) is 0 Å². The van der Waals surface area contributed by atoms with Gasteiger partial charge in [-0.1, -0.05) is 42.5 Å². The fourth-order valence-corrected chi connectivity index (χ4v) is 2.48. The molecule has 0 aliphatic carbocycles. The highest BCUT2D eigenvalue weighted by molar-refractivity contribution is 5.96. The zero-order valence-corrected chi connectivity index (χ0v) is 13.2. The third-order valence-electron chi connectivity index (χ3n) is 3.66. The van der Waals surface area contributed by atoms with Crippen LogP contribution in [0.5, 0.6) is 0 Å². The molecule has 1 aromatic heterocycles. The second-order valence-electron chi connectivity index (χ2n) is 5.25. The van der Waals surface area contributed by atoms with Gasteiger partial charge in [-0.25, -0.2) is 4.98 Å². The number of nitrogens with one attached hydrogen (secondary N) is 1.